The first-order chi connectivity index (χ1) is 10.5. The highest BCUT2D eigenvalue weighted by Crippen LogP contribution is 2.59. The zero-order valence-electron chi connectivity index (χ0n) is 15.3. The number of epoxide rings is 2. The summed E-state index contributed by atoms with van der Waals surface area (Å²) in [6, 6.07) is 0. The van der Waals surface area contributed by atoms with Gasteiger partial charge in [0.1, 0.15) is 11.7 Å². The predicted octanol–water partition coefficient (Wildman–Crippen LogP) is 3.47. The van der Waals surface area contributed by atoms with E-state index in [4.69, 9.17) is 14.2 Å². The lowest BCUT2D eigenvalue weighted by atomic mass is 9.65. The van der Waals surface area contributed by atoms with E-state index in [9.17, 15) is 4.79 Å². The molecule has 2 saturated carbocycles. The van der Waals surface area contributed by atoms with Crippen LogP contribution in [0.1, 0.15) is 67.2 Å². The predicted molar refractivity (Wildman–Crippen MR) is 86.0 cm³/mol. The Kier molecular flexibility index (Phi) is 2.98. The molecule has 0 aromatic rings. The maximum Gasteiger partial charge on any atom is 0.312 e. The molecule has 2 aliphatic heterocycles. The minimum absolute atomic E-state index is 0.00269. The third-order valence-corrected chi connectivity index (χ3v) is 7.35. The summed E-state index contributed by atoms with van der Waals surface area (Å²) in [7, 11) is 0. The van der Waals surface area contributed by atoms with Crippen LogP contribution in [-0.2, 0) is 19.0 Å². The molecule has 2 saturated heterocycles. The lowest BCUT2D eigenvalue weighted by molar-refractivity contribution is -0.171. The number of carbonyl (C=O) groups is 1. The van der Waals surface area contributed by atoms with Crippen molar-refractivity contribution in [2.24, 2.45) is 16.7 Å². The summed E-state index contributed by atoms with van der Waals surface area (Å²) in [4.78, 5) is 13.1. The summed E-state index contributed by atoms with van der Waals surface area (Å²) in [5, 5.41) is 0. The van der Waals surface area contributed by atoms with Crippen molar-refractivity contribution in [2.45, 2.75) is 96.7 Å². The van der Waals surface area contributed by atoms with Gasteiger partial charge in [0.15, 0.2) is 0 Å². The molecule has 0 aromatic carbocycles. The van der Waals surface area contributed by atoms with E-state index in [1.165, 1.54) is 0 Å². The fourth-order valence-corrected chi connectivity index (χ4v) is 4.96. The first-order valence-corrected chi connectivity index (χ1v) is 9.07. The normalized spacial score (nSPS) is 56.3. The molecule has 0 bridgehead atoms. The van der Waals surface area contributed by atoms with E-state index < -0.39 is 5.41 Å². The van der Waals surface area contributed by atoms with Crippen molar-refractivity contribution in [3.8, 4) is 0 Å². The van der Waals surface area contributed by atoms with Crippen molar-refractivity contribution in [2.75, 3.05) is 0 Å². The van der Waals surface area contributed by atoms with E-state index in [0.29, 0.717) is 0 Å². The number of ether oxygens (including phenoxy) is 3. The zero-order valence-corrected chi connectivity index (χ0v) is 15.3. The van der Waals surface area contributed by atoms with Crippen LogP contribution in [0.3, 0.4) is 0 Å². The molecule has 2 aliphatic carbocycles. The SMILES string of the molecule is CC1C2OC2(C)CCC1(C)C(=O)OC1CC(C)(C)CC2OC12C. The number of esters is 1. The fourth-order valence-electron chi connectivity index (χ4n) is 4.96. The van der Waals surface area contributed by atoms with Gasteiger partial charge >= 0.3 is 5.97 Å². The Hall–Kier alpha value is -0.610. The van der Waals surface area contributed by atoms with Crippen molar-refractivity contribution in [3.63, 3.8) is 0 Å². The van der Waals surface area contributed by atoms with Crippen molar-refractivity contribution < 1.29 is 19.0 Å². The van der Waals surface area contributed by atoms with Gasteiger partial charge in [-0.15, -0.1) is 0 Å². The van der Waals surface area contributed by atoms with Gasteiger partial charge in [-0.2, -0.15) is 0 Å². The van der Waals surface area contributed by atoms with Crippen molar-refractivity contribution in [1.29, 1.82) is 0 Å². The summed E-state index contributed by atoms with van der Waals surface area (Å²) in [6.07, 6.45) is 4.05. The molecule has 4 rings (SSSR count). The molecule has 130 valence electrons. The fraction of sp³-hybridized carbons (Fsp3) is 0.947. The van der Waals surface area contributed by atoms with E-state index in [1.54, 1.807) is 0 Å². The minimum atomic E-state index is -0.441. The Balaban J connectivity index is 1.49. The highest BCUT2D eigenvalue weighted by Gasteiger charge is 2.67. The molecule has 0 radical (unpaired) electrons. The van der Waals surface area contributed by atoms with Crippen LogP contribution in [0.5, 0.6) is 0 Å². The zero-order chi connectivity index (χ0) is 16.8. The number of hydrogen-bond acceptors (Lipinski definition) is 4. The molecule has 2 heterocycles. The standard InChI is InChI=1S/C19H30O4/c1-11-14-18(5,23-14)8-7-17(11,4)15(20)21-12-9-16(2,3)10-13-19(12,6)22-13/h11-14H,7-10H2,1-6H3. The average Bonchev–Trinajstić information content (AvgIpc) is 3.30. The summed E-state index contributed by atoms with van der Waals surface area (Å²) in [5.41, 5.74) is -0.529. The highest BCUT2D eigenvalue weighted by molar-refractivity contribution is 5.77. The summed E-state index contributed by atoms with van der Waals surface area (Å²) >= 11 is 0. The molecule has 4 nitrogen and oxygen atoms in total. The monoisotopic (exact) mass is 322 g/mol. The van der Waals surface area contributed by atoms with Crippen LogP contribution in [0.25, 0.3) is 0 Å². The molecule has 0 N–H and O–H groups in total. The smallest absolute Gasteiger partial charge is 0.312 e. The Labute approximate surface area is 139 Å². The van der Waals surface area contributed by atoms with Gasteiger partial charge in [0.2, 0.25) is 0 Å². The molecule has 4 fully saturated rings. The number of hydrogen-bond donors (Lipinski definition) is 0. The number of rotatable bonds is 2. The van der Waals surface area contributed by atoms with Crippen molar-refractivity contribution >= 4 is 5.97 Å². The molecule has 4 aliphatic rings. The topological polar surface area (TPSA) is 51.4 Å². The third-order valence-electron chi connectivity index (χ3n) is 7.35. The van der Waals surface area contributed by atoms with Gasteiger partial charge in [0.05, 0.1) is 23.2 Å². The molecular formula is C19H30O4. The lowest BCUT2D eigenvalue weighted by Gasteiger charge is -2.41. The van der Waals surface area contributed by atoms with Crippen LogP contribution in [0, 0.1) is 16.7 Å². The maximum atomic E-state index is 13.1. The van der Waals surface area contributed by atoms with Gasteiger partial charge in [0, 0.05) is 5.92 Å². The minimum Gasteiger partial charge on any atom is -0.459 e. The second-order valence-electron chi connectivity index (χ2n) is 9.81. The Morgan fingerprint density at radius 3 is 2.43 bits per heavy atom. The van der Waals surface area contributed by atoms with E-state index in [-0.39, 0.29) is 46.8 Å². The van der Waals surface area contributed by atoms with Gasteiger partial charge in [-0.3, -0.25) is 4.79 Å². The number of fused-ring (bicyclic) bond motifs is 2. The number of carbonyl (C=O) groups excluding carboxylic acids is 1. The van der Waals surface area contributed by atoms with Crippen LogP contribution in [0.2, 0.25) is 0 Å². The summed E-state index contributed by atoms with van der Waals surface area (Å²) < 4.78 is 17.8. The Morgan fingerprint density at radius 2 is 1.74 bits per heavy atom. The van der Waals surface area contributed by atoms with Gasteiger partial charge in [0.25, 0.3) is 0 Å². The molecule has 7 atom stereocenters. The van der Waals surface area contributed by atoms with E-state index in [1.807, 2.05) is 0 Å². The molecular weight excluding hydrogens is 292 g/mol. The Bertz CT molecular complexity index is 558. The molecule has 0 spiro atoms. The molecule has 0 aromatic heterocycles. The van der Waals surface area contributed by atoms with Crippen molar-refractivity contribution in [1.82, 2.24) is 0 Å². The molecule has 7 unspecified atom stereocenters. The van der Waals surface area contributed by atoms with Crippen LogP contribution < -0.4 is 0 Å². The van der Waals surface area contributed by atoms with E-state index in [2.05, 4.69) is 41.5 Å². The van der Waals surface area contributed by atoms with E-state index in [0.717, 1.165) is 25.7 Å². The molecule has 23 heavy (non-hydrogen) atoms. The third kappa shape index (κ3) is 2.21. The molecule has 4 heteroatoms. The van der Waals surface area contributed by atoms with Gasteiger partial charge in [-0.25, -0.2) is 0 Å². The van der Waals surface area contributed by atoms with Gasteiger partial charge < -0.3 is 14.2 Å². The van der Waals surface area contributed by atoms with Crippen LogP contribution in [0.4, 0.5) is 0 Å². The van der Waals surface area contributed by atoms with Crippen LogP contribution >= 0.6 is 0 Å². The average molecular weight is 322 g/mol. The van der Waals surface area contributed by atoms with E-state index >= 15 is 0 Å². The van der Waals surface area contributed by atoms with Crippen LogP contribution in [-0.4, -0.2) is 35.5 Å². The first-order valence-electron chi connectivity index (χ1n) is 9.07. The maximum absolute atomic E-state index is 13.1. The summed E-state index contributed by atoms with van der Waals surface area (Å²) in [6.45, 7) is 12.9. The molecule has 0 amide bonds. The quantitative estimate of drug-likeness (QED) is 0.577. The Morgan fingerprint density at radius 1 is 1.04 bits per heavy atom. The highest BCUT2D eigenvalue weighted by atomic mass is 16.6. The first kappa shape index (κ1) is 15.9. The van der Waals surface area contributed by atoms with Crippen LogP contribution in [0.15, 0.2) is 0 Å². The largest absolute Gasteiger partial charge is 0.459 e. The second kappa shape index (κ2) is 4.32. The summed E-state index contributed by atoms with van der Waals surface area (Å²) in [5.74, 6) is 0.148. The van der Waals surface area contributed by atoms with Crippen molar-refractivity contribution in [3.05, 3.63) is 0 Å². The second-order valence-corrected chi connectivity index (χ2v) is 9.81. The van der Waals surface area contributed by atoms with Gasteiger partial charge in [-0.1, -0.05) is 20.8 Å². The lowest BCUT2D eigenvalue weighted by Crippen LogP contribution is -2.49. The van der Waals surface area contributed by atoms with Gasteiger partial charge in [-0.05, 0) is 51.9 Å².